The Labute approximate surface area is 176 Å². The van der Waals surface area contributed by atoms with Crippen LogP contribution >= 0.6 is 0 Å². The second-order valence-corrected chi connectivity index (χ2v) is 8.26. The lowest BCUT2D eigenvalue weighted by Crippen LogP contribution is -2.47. The number of hydrogen-bond donors (Lipinski definition) is 2. The van der Waals surface area contributed by atoms with Crippen LogP contribution in [0.3, 0.4) is 0 Å². The first-order chi connectivity index (χ1) is 14.5. The number of aromatic hydroxyl groups is 1. The number of benzene rings is 2. The number of ether oxygens (including phenoxy) is 2. The van der Waals surface area contributed by atoms with Gasteiger partial charge in [0.15, 0.2) is 0 Å². The number of fused-ring (bicyclic) bond motifs is 1. The number of alkyl carbamates (subject to hydrolysis) is 1. The number of nitrogens with one attached hydrogen (secondary N) is 1. The van der Waals surface area contributed by atoms with Crippen molar-refractivity contribution in [2.45, 2.75) is 63.2 Å². The van der Waals surface area contributed by atoms with E-state index in [1.807, 2.05) is 36.4 Å². The van der Waals surface area contributed by atoms with Crippen molar-refractivity contribution in [3.05, 3.63) is 65.2 Å². The van der Waals surface area contributed by atoms with Crippen molar-refractivity contribution < 1.29 is 24.2 Å². The fourth-order valence-corrected chi connectivity index (χ4v) is 4.45. The minimum atomic E-state index is -0.858. The lowest BCUT2D eigenvalue weighted by Gasteiger charge is -2.36. The van der Waals surface area contributed by atoms with Crippen molar-refractivity contribution in [1.82, 2.24) is 5.32 Å². The Bertz CT molecular complexity index is 905. The highest BCUT2D eigenvalue weighted by Crippen LogP contribution is 2.37. The smallest absolute Gasteiger partial charge is 0.408 e. The van der Waals surface area contributed by atoms with E-state index in [2.05, 4.69) is 5.32 Å². The largest absolute Gasteiger partial charge is 0.508 e. The van der Waals surface area contributed by atoms with Gasteiger partial charge in [-0.15, -0.1) is 0 Å². The molecule has 0 saturated heterocycles. The molecule has 158 valence electrons. The molecule has 1 aliphatic heterocycles. The molecule has 1 spiro atoms. The Hall–Kier alpha value is -3.02. The number of rotatable bonds is 3. The molecule has 2 aromatic rings. The Morgan fingerprint density at radius 2 is 1.87 bits per heavy atom. The van der Waals surface area contributed by atoms with E-state index in [0.29, 0.717) is 6.42 Å². The monoisotopic (exact) mass is 409 g/mol. The maximum atomic E-state index is 12.8. The van der Waals surface area contributed by atoms with E-state index >= 15 is 0 Å². The SMILES string of the molecule is O=C1NC(C(=O)OCc2ccccc2)Cc2ccc(O)cc2CC2(CCCCC2)O1. The Kier molecular flexibility index (Phi) is 5.93. The zero-order valence-corrected chi connectivity index (χ0v) is 16.9. The summed E-state index contributed by atoms with van der Waals surface area (Å²) in [5, 5.41) is 12.8. The zero-order valence-electron chi connectivity index (χ0n) is 16.9. The average molecular weight is 409 g/mol. The number of carbonyl (C=O) groups excluding carboxylic acids is 2. The van der Waals surface area contributed by atoms with Crippen LogP contribution in [0.2, 0.25) is 0 Å². The maximum absolute atomic E-state index is 12.8. The van der Waals surface area contributed by atoms with Crippen LogP contribution in [0.25, 0.3) is 0 Å². The number of phenolic OH excluding ortho intramolecular Hbond substituents is 1. The van der Waals surface area contributed by atoms with Gasteiger partial charge in [0.1, 0.15) is 24.0 Å². The molecule has 0 bridgehead atoms. The summed E-state index contributed by atoms with van der Waals surface area (Å²) in [7, 11) is 0. The summed E-state index contributed by atoms with van der Waals surface area (Å²) in [4.78, 5) is 25.5. The first-order valence-electron chi connectivity index (χ1n) is 10.5. The summed E-state index contributed by atoms with van der Waals surface area (Å²) in [6, 6.07) is 13.7. The van der Waals surface area contributed by atoms with Crippen LogP contribution in [0.5, 0.6) is 5.75 Å². The van der Waals surface area contributed by atoms with Crippen LogP contribution in [-0.4, -0.2) is 28.8 Å². The van der Waals surface area contributed by atoms with Crippen LogP contribution in [0, 0.1) is 0 Å². The molecule has 1 aliphatic carbocycles. The summed E-state index contributed by atoms with van der Waals surface area (Å²) in [5.41, 5.74) is 2.09. The molecule has 2 aromatic carbocycles. The van der Waals surface area contributed by atoms with Gasteiger partial charge in [0.2, 0.25) is 0 Å². The van der Waals surface area contributed by atoms with E-state index in [1.54, 1.807) is 12.1 Å². The number of hydrogen-bond acceptors (Lipinski definition) is 5. The molecule has 1 heterocycles. The molecule has 0 aromatic heterocycles. The highest BCUT2D eigenvalue weighted by atomic mass is 16.6. The van der Waals surface area contributed by atoms with Crippen LogP contribution in [0.4, 0.5) is 4.79 Å². The first-order valence-corrected chi connectivity index (χ1v) is 10.5. The van der Waals surface area contributed by atoms with Crippen LogP contribution < -0.4 is 5.32 Å². The molecule has 6 heteroatoms. The van der Waals surface area contributed by atoms with E-state index in [-0.39, 0.29) is 18.8 Å². The molecule has 2 N–H and O–H groups in total. The second-order valence-electron chi connectivity index (χ2n) is 8.26. The van der Waals surface area contributed by atoms with Crippen molar-refractivity contribution in [2.75, 3.05) is 0 Å². The molecule has 4 rings (SSSR count). The third kappa shape index (κ3) is 4.75. The highest BCUT2D eigenvalue weighted by molar-refractivity contribution is 5.82. The van der Waals surface area contributed by atoms with Crippen molar-refractivity contribution >= 4 is 12.1 Å². The van der Waals surface area contributed by atoms with Crippen LogP contribution in [0.1, 0.15) is 48.8 Å². The zero-order chi connectivity index (χ0) is 21.0. The fourth-order valence-electron chi connectivity index (χ4n) is 4.45. The van der Waals surface area contributed by atoms with Gasteiger partial charge in [-0.2, -0.15) is 0 Å². The number of esters is 1. The Morgan fingerprint density at radius 3 is 2.63 bits per heavy atom. The predicted octanol–water partition coefficient (Wildman–Crippen LogP) is 4.03. The normalized spacial score (nSPS) is 20.7. The van der Waals surface area contributed by atoms with E-state index in [4.69, 9.17) is 9.47 Å². The molecule has 0 radical (unpaired) electrons. The van der Waals surface area contributed by atoms with Gasteiger partial charge in [-0.05, 0) is 54.5 Å². The third-order valence-corrected chi connectivity index (χ3v) is 6.00. The van der Waals surface area contributed by atoms with Gasteiger partial charge in [-0.25, -0.2) is 9.59 Å². The molecule has 6 nitrogen and oxygen atoms in total. The molecular weight excluding hydrogens is 382 g/mol. The summed E-state index contributed by atoms with van der Waals surface area (Å²) in [6.07, 6.45) is 4.89. The molecule has 1 unspecified atom stereocenters. The van der Waals surface area contributed by atoms with Gasteiger partial charge in [0.05, 0.1) is 0 Å². The molecule has 1 amide bonds. The summed E-state index contributed by atoms with van der Waals surface area (Å²) in [6.45, 7) is 0.138. The van der Waals surface area contributed by atoms with Gasteiger partial charge < -0.3 is 19.9 Å². The second kappa shape index (κ2) is 8.78. The Balaban J connectivity index is 1.57. The van der Waals surface area contributed by atoms with E-state index in [9.17, 15) is 14.7 Å². The van der Waals surface area contributed by atoms with E-state index in [0.717, 1.165) is 48.8 Å². The molecule has 1 atom stereocenters. The quantitative estimate of drug-likeness (QED) is 0.748. The number of amides is 1. The van der Waals surface area contributed by atoms with Gasteiger partial charge in [0.25, 0.3) is 0 Å². The molecular formula is C24H27NO5. The van der Waals surface area contributed by atoms with Gasteiger partial charge >= 0.3 is 12.1 Å². The van der Waals surface area contributed by atoms with Crippen molar-refractivity contribution in [3.8, 4) is 5.75 Å². The van der Waals surface area contributed by atoms with E-state index < -0.39 is 23.7 Å². The Morgan fingerprint density at radius 1 is 1.10 bits per heavy atom. The summed E-state index contributed by atoms with van der Waals surface area (Å²) >= 11 is 0. The third-order valence-electron chi connectivity index (χ3n) is 6.00. The van der Waals surface area contributed by atoms with Crippen LogP contribution in [-0.2, 0) is 33.7 Å². The lowest BCUT2D eigenvalue weighted by atomic mass is 9.79. The molecule has 1 fully saturated rings. The minimum absolute atomic E-state index is 0.138. The predicted molar refractivity (Wildman–Crippen MR) is 111 cm³/mol. The van der Waals surface area contributed by atoms with Crippen molar-refractivity contribution in [3.63, 3.8) is 0 Å². The molecule has 30 heavy (non-hydrogen) atoms. The summed E-state index contributed by atoms with van der Waals surface area (Å²) in [5.74, 6) is -0.337. The summed E-state index contributed by atoms with van der Waals surface area (Å²) < 4.78 is 11.4. The first kappa shape index (κ1) is 20.3. The number of phenols is 1. The lowest BCUT2D eigenvalue weighted by molar-refractivity contribution is -0.147. The average Bonchev–Trinajstić information content (AvgIpc) is 2.79. The van der Waals surface area contributed by atoms with Crippen LogP contribution in [0.15, 0.2) is 48.5 Å². The minimum Gasteiger partial charge on any atom is -0.508 e. The fraction of sp³-hybridized carbons (Fsp3) is 0.417. The number of carbonyl (C=O) groups is 2. The highest BCUT2D eigenvalue weighted by Gasteiger charge is 2.39. The van der Waals surface area contributed by atoms with Gasteiger partial charge in [-0.1, -0.05) is 42.8 Å². The van der Waals surface area contributed by atoms with Crippen molar-refractivity contribution in [1.29, 1.82) is 0 Å². The van der Waals surface area contributed by atoms with Crippen molar-refractivity contribution in [2.24, 2.45) is 0 Å². The molecule has 2 aliphatic rings. The van der Waals surface area contributed by atoms with E-state index in [1.165, 1.54) is 0 Å². The standard InChI is InChI=1S/C24H27NO5/c26-20-10-9-18-14-21(22(27)29-16-17-7-3-1-4-8-17)25-23(28)30-24(15-19(18)13-20)11-5-2-6-12-24/h1,3-4,7-10,13,21,26H,2,5-6,11-12,14-16H2,(H,25,28). The van der Waals surface area contributed by atoms with Gasteiger partial charge in [-0.3, -0.25) is 0 Å². The maximum Gasteiger partial charge on any atom is 0.408 e. The molecule has 1 saturated carbocycles. The topological polar surface area (TPSA) is 84.9 Å². The van der Waals surface area contributed by atoms with Gasteiger partial charge in [0, 0.05) is 12.8 Å².